The number of aromatic nitrogens is 2. The summed E-state index contributed by atoms with van der Waals surface area (Å²) in [6.07, 6.45) is 0. The van der Waals surface area contributed by atoms with Gasteiger partial charge >= 0.3 is 0 Å². The molecule has 0 unspecified atom stereocenters. The van der Waals surface area contributed by atoms with E-state index < -0.39 is 4.92 Å². The van der Waals surface area contributed by atoms with E-state index in [4.69, 9.17) is 10.5 Å². The van der Waals surface area contributed by atoms with Gasteiger partial charge in [0.1, 0.15) is 12.1 Å². The summed E-state index contributed by atoms with van der Waals surface area (Å²) in [5.41, 5.74) is 0.190. The Labute approximate surface area is 94.7 Å². The molecule has 0 N–H and O–H groups in total. The van der Waals surface area contributed by atoms with Crippen LogP contribution < -0.4 is 0 Å². The second kappa shape index (κ2) is 3.83. The van der Waals surface area contributed by atoms with Crippen molar-refractivity contribution in [1.82, 2.24) is 9.97 Å². The maximum atomic E-state index is 10.6. The quantitative estimate of drug-likeness (QED) is 0.533. The number of rotatable bonds is 1. The van der Waals surface area contributed by atoms with E-state index in [0.29, 0.717) is 5.52 Å². The number of nitro groups is 1. The molecule has 0 aliphatic rings. The van der Waals surface area contributed by atoms with Crippen LogP contribution in [-0.2, 0) is 0 Å². The zero-order valence-electron chi connectivity index (χ0n) is 8.28. The molecule has 0 saturated heterocycles. The third-order valence-electron chi connectivity index (χ3n) is 2.07. The summed E-state index contributed by atoms with van der Waals surface area (Å²) in [4.78, 5) is 17.8. The predicted molar refractivity (Wildman–Crippen MR) is 55.6 cm³/mol. The Kier molecular flexibility index (Phi) is 2.36. The Bertz CT molecular complexity index is 711. The van der Waals surface area contributed by atoms with Gasteiger partial charge in [0.25, 0.3) is 5.69 Å². The van der Waals surface area contributed by atoms with Gasteiger partial charge in [-0.05, 0) is 6.07 Å². The number of nitro benzene ring substituents is 1. The van der Waals surface area contributed by atoms with E-state index in [-0.39, 0.29) is 22.6 Å². The zero-order valence-corrected chi connectivity index (χ0v) is 8.28. The van der Waals surface area contributed by atoms with Crippen molar-refractivity contribution in [2.24, 2.45) is 0 Å². The molecule has 0 fully saturated rings. The lowest BCUT2D eigenvalue weighted by atomic mass is 10.2. The Morgan fingerprint density at radius 2 is 1.71 bits per heavy atom. The zero-order chi connectivity index (χ0) is 12.4. The van der Waals surface area contributed by atoms with E-state index in [9.17, 15) is 10.1 Å². The fourth-order valence-electron chi connectivity index (χ4n) is 1.31. The van der Waals surface area contributed by atoms with Gasteiger partial charge < -0.3 is 0 Å². The molecule has 2 aromatic rings. The number of hydrogen-bond acceptors (Lipinski definition) is 6. The highest BCUT2D eigenvalue weighted by atomic mass is 16.6. The number of benzene rings is 1. The van der Waals surface area contributed by atoms with Gasteiger partial charge in [0, 0.05) is 12.1 Å². The number of fused-ring (bicyclic) bond motifs is 1. The molecule has 2 rings (SSSR count). The van der Waals surface area contributed by atoms with Crippen LogP contribution in [0.4, 0.5) is 5.69 Å². The summed E-state index contributed by atoms with van der Waals surface area (Å²) in [6.45, 7) is 0. The fourth-order valence-corrected chi connectivity index (χ4v) is 1.31. The average Bonchev–Trinajstić information content (AvgIpc) is 2.36. The second-order valence-corrected chi connectivity index (χ2v) is 3.07. The molecular formula is C10H3N5O2. The minimum Gasteiger partial charge on any atom is -0.258 e. The van der Waals surface area contributed by atoms with Crippen molar-refractivity contribution >= 4 is 16.7 Å². The topological polar surface area (TPSA) is 116 Å². The number of hydrogen-bond donors (Lipinski definition) is 0. The van der Waals surface area contributed by atoms with Gasteiger partial charge in [0.2, 0.25) is 0 Å². The first-order valence-electron chi connectivity index (χ1n) is 4.42. The SMILES string of the molecule is N#Cc1nc2ccc([N+](=O)[O-])cc2nc1C#N. The summed E-state index contributed by atoms with van der Waals surface area (Å²) in [6, 6.07) is 7.34. The van der Waals surface area contributed by atoms with Crippen molar-refractivity contribution in [3.05, 3.63) is 39.7 Å². The highest BCUT2D eigenvalue weighted by Crippen LogP contribution is 2.18. The van der Waals surface area contributed by atoms with Crippen molar-refractivity contribution < 1.29 is 4.92 Å². The fraction of sp³-hybridized carbons (Fsp3) is 0. The van der Waals surface area contributed by atoms with E-state index in [0.717, 1.165) is 0 Å². The van der Waals surface area contributed by atoms with Crippen LogP contribution in [0.2, 0.25) is 0 Å². The molecule has 0 amide bonds. The van der Waals surface area contributed by atoms with E-state index in [1.54, 1.807) is 12.1 Å². The van der Waals surface area contributed by atoms with Crippen LogP contribution in [0.3, 0.4) is 0 Å². The monoisotopic (exact) mass is 225 g/mol. The third-order valence-corrected chi connectivity index (χ3v) is 2.07. The van der Waals surface area contributed by atoms with Gasteiger partial charge in [-0.2, -0.15) is 10.5 Å². The minimum atomic E-state index is -0.564. The summed E-state index contributed by atoms with van der Waals surface area (Å²) < 4.78 is 0. The largest absolute Gasteiger partial charge is 0.271 e. The van der Waals surface area contributed by atoms with Gasteiger partial charge in [0.05, 0.1) is 16.0 Å². The van der Waals surface area contributed by atoms with Crippen molar-refractivity contribution in [3.63, 3.8) is 0 Å². The van der Waals surface area contributed by atoms with Crippen LogP contribution in [0.1, 0.15) is 11.4 Å². The third kappa shape index (κ3) is 1.73. The smallest absolute Gasteiger partial charge is 0.258 e. The van der Waals surface area contributed by atoms with Gasteiger partial charge in [-0.3, -0.25) is 10.1 Å². The molecular weight excluding hydrogens is 222 g/mol. The van der Waals surface area contributed by atoms with Gasteiger partial charge in [-0.1, -0.05) is 0 Å². The molecule has 1 aromatic carbocycles. The Balaban J connectivity index is 2.77. The van der Waals surface area contributed by atoms with E-state index >= 15 is 0 Å². The van der Waals surface area contributed by atoms with Crippen molar-refractivity contribution in [1.29, 1.82) is 10.5 Å². The Hall–Kier alpha value is -3.06. The molecule has 1 aromatic heterocycles. The average molecular weight is 225 g/mol. The van der Waals surface area contributed by atoms with Gasteiger partial charge in [-0.15, -0.1) is 0 Å². The maximum absolute atomic E-state index is 10.6. The lowest BCUT2D eigenvalue weighted by molar-refractivity contribution is -0.384. The van der Waals surface area contributed by atoms with E-state index in [1.807, 2.05) is 0 Å². The predicted octanol–water partition coefficient (Wildman–Crippen LogP) is 1.28. The molecule has 0 spiro atoms. The molecule has 0 atom stereocenters. The number of nitriles is 2. The highest BCUT2D eigenvalue weighted by molar-refractivity contribution is 5.78. The maximum Gasteiger partial charge on any atom is 0.271 e. The molecule has 7 heteroatoms. The Morgan fingerprint density at radius 3 is 2.24 bits per heavy atom. The van der Waals surface area contributed by atoms with Crippen molar-refractivity contribution in [2.75, 3.05) is 0 Å². The summed E-state index contributed by atoms with van der Waals surface area (Å²) in [5, 5.41) is 28.1. The Morgan fingerprint density at radius 1 is 1.12 bits per heavy atom. The minimum absolute atomic E-state index is 0.0890. The normalized spacial score (nSPS) is 9.53. The first-order valence-corrected chi connectivity index (χ1v) is 4.42. The van der Waals surface area contributed by atoms with Gasteiger partial charge in [0.15, 0.2) is 11.4 Å². The van der Waals surface area contributed by atoms with Crippen LogP contribution in [0.15, 0.2) is 18.2 Å². The highest BCUT2D eigenvalue weighted by Gasteiger charge is 2.11. The molecule has 7 nitrogen and oxygen atoms in total. The lowest BCUT2D eigenvalue weighted by Gasteiger charge is -1.98. The van der Waals surface area contributed by atoms with Crippen LogP contribution in [-0.4, -0.2) is 14.9 Å². The molecule has 1 heterocycles. The lowest BCUT2D eigenvalue weighted by Crippen LogP contribution is -1.96. The first-order chi connectivity index (χ1) is 8.15. The second-order valence-electron chi connectivity index (χ2n) is 3.07. The number of nitrogens with zero attached hydrogens (tertiary/aromatic N) is 5. The van der Waals surface area contributed by atoms with Crippen molar-refractivity contribution in [3.8, 4) is 12.1 Å². The molecule has 0 aliphatic heterocycles. The van der Waals surface area contributed by atoms with Gasteiger partial charge in [-0.25, -0.2) is 9.97 Å². The van der Waals surface area contributed by atoms with Crippen LogP contribution in [0, 0.1) is 32.8 Å². The first kappa shape index (κ1) is 10.5. The summed E-state index contributed by atoms with van der Waals surface area (Å²) >= 11 is 0. The molecule has 80 valence electrons. The van der Waals surface area contributed by atoms with Crippen LogP contribution in [0.25, 0.3) is 11.0 Å². The summed E-state index contributed by atoms with van der Waals surface area (Å²) in [5.74, 6) is 0. The summed E-state index contributed by atoms with van der Waals surface area (Å²) in [7, 11) is 0. The number of non-ortho nitro benzene ring substituents is 1. The molecule has 17 heavy (non-hydrogen) atoms. The molecule has 0 bridgehead atoms. The van der Waals surface area contributed by atoms with E-state index in [2.05, 4.69) is 9.97 Å². The van der Waals surface area contributed by atoms with E-state index in [1.165, 1.54) is 18.2 Å². The molecule has 0 aliphatic carbocycles. The molecule has 0 radical (unpaired) electrons. The standard InChI is InChI=1S/C10H3N5O2/c11-4-9-10(5-12)14-8-3-6(15(16)17)1-2-7(8)13-9/h1-3H. The van der Waals surface area contributed by atoms with Crippen molar-refractivity contribution in [2.45, 2.75) is 0 Å². The molecule has 0 saturated carbocycles. The van der Waals surface area contributed by atoms with Crippen LogP contribution in [0.5, 0.6) is 0 Å². The van der Waals surface area contributed by atoms with Crippen LogP contribution >= 0.6 is 0 Å².